The summed E-state index contributed by atoms with van der Waals surface area (Å²) in [5.41, 5.74) is 2.65. The number of thiazole rings is 1. The van der Waals surface area contributed by atoms with Crippen LogP contribution in [-0.4, -0.2) is 17.6 Å². The molecule has 1 aromatic heterocycles. The molecule has 0 aliphatic heterocycles. The average molecular weight is 292 g/mol. The van der Waals surface area contributed by atoms with Crippen molar-refractivity contribution in [2.75, 3.05) is 6.54 Å². The Labute approximate surface area is 124 Å². The summed E-state index contributed by atoms with van der Waals surface area (Å²) < 4.78 is 13.8. The van der Waals surface area contributed by atoms with Gasteiger partial charge < -0.3 is 5.32 Å². The molecule has 1 aromatic carbocycles. The predicted octanol–water partition coefficient (Wildman–Crippen LogP) is 3.68. The van der Waals surface area contributed by atoms with Gasteiger partial charge in [0, 0.05) is 17.1 Å². The molecule has 0 spiro atoms. The largest absolute Gasteiger partial charge is 0.314 e. The molecule has 4 heteroatoms. The maximum absolute atomic E-state index is 13.8. The first kappa shape index (κ1) is 15.1. The normalized spacial score (nSPS) is 12.8. The first-order valence-electron chi connectivity index (χ1n) is 6.99. The number of rotatable bonds is 7. The molecule has 2 rings (SSSR count). The van der Waals surface area contributed by atoms with Gasteiger partial charge in [0.25, 0.3) is 0 Å². The lowest BCUT2D eigenvalue weighted by Gasteiger charge is -2.19. The summed E-state index contributed by atoms with van der Waals surface area (Å²) in [7, 11) is 0. The number of nitrogens with zero attached hydrogens (tertiary/aromatic N) is 1. The first-order valence-corrected chi connectivity index (χ1v) is 7.87. The Kier molecular flexibility index (Phi) is 5.68. The second-order valence-electron chi connectivity index (χ2n) is 5.40. The van der Waals surface area contributed by atoms with E-state index in [4.69, 9.17) is 0 Å². The van der Waals surface area contributed by atoms with Crippen molar-refractivity contribution in [2.24, 2.45) is 5.92 Å². The van der Waals surface area contributed by atoms with Crippen LogP contribution in [0.15, 0.2) is 36.0 Å². The van der Waals surface area contributed by atoms with Crippen molar-refractivity contribution in [2.45, 2.75) is 32.7 Å². The smallest absolute Gasteiger partial charge is 0.126 e. The average Bonchev–Trinajstić information content (AvgIpc) is 2.91. The lowest BCUT2D eigenvalue weighted by atomic mass is 9.95. The van der Waals surface area contributed by atoms with Crippen LogP contribution in [0.1, 0.15) is 24.3 Å². The van der Waals surface area contributed by atoms with Gasteiger partial charge in [-0.25, -0.2) is 4.39 Å². The van der Waals surface area contributed by atoms with Crippen LogP contribution < -0.4 is 5.32 Å². The van der Waals surface area contributed by atoms with Gasteiger partial charge in [0.1, 0.15) is 5.82 Å². The summed E-state index contributed by atoms with van der Waals surface area (Å²) >= 11 is 1.67. The minimum Gasteiger partial charge on any atom is -0.314 e. The molecule has 0 aliphatic carbocycles. The maximum atomic E-state index is 13.8. The van der Waals surface area contributed by atoms with Crippen LogP contribution in [0.3, 0.4) is 0 Å². The van der Waals surface area contributed by atoms with Crippen molar-refractivity contribution in [3.8, 4) is 0 Å². The Morgan fingerprint density at radius 1 is 1.25 bits per heavy atom. The van der Waals surface area contributed by atoms with E-state index in [1.165, 1.54) is 10.9 Å². The van der Waals surface area contributed by atoms with Crippen LogP contribution in [0.25, 0.3) is 0 Å². The standard InChI is InChI=1S/C16H21FN2S/c1-12(2)19-9-13(8-15-10-18-11-20-15)7-14-5-3-4-6-16(14)17/h3-6,10-13,19H,7-9H2,1-2H3. The summed E-state index contributed by atoms with van der Waals surface area (Å²) in [6.07, 6.45) is 3.61. The fourth-order valence-corrected chi connectivity index (χ4v) is 2.93. The summed E-state index contributed by atoms with van der Waals surface area (Å²) in [6, 6.07) is 7.50. The van der Waals surface area contributed by atoms with Gasteiger partial charge in [-0.1, -0.05) is 32.0 Å². The maximum Gasteiger partial charge on any atom is 0.126 e. The van der Waals surface area contributed by atoms with E-state index in [-0.39, 0.29) is 5.82 Å². The monoisotopic (exact) mass is 292 g/mol. The lowest BCUT2D eigenvalue weighted by molar-refractivity contribution is 0.439. The number of halogens is 1. The Bertz CT molecular complexity index is 511. The van der Waals surface area contributed by atoms with Gasteiger partial charge in [0.2, 0.25) is 0 Å². The SMILES string of the molecule is CC(C)NCC(Cc1cncs1)Cc1ccccc1F. The predicted molar refractivity (Wildman–Crippen MR) is 82.6 cm³/mol. The molecule has 0 radical (unpaired) electrons. The molecule has 1 unspecified atom stereocenters. The Balaban J connectivity index is 2.03. The van der Waals surface area contributed by atoms with Crippen molar-refractivity contribution < 1.29 is 4.39 Å². The van der Waals surface area contributed by atoms with Crippen molar-refractivity contribution in [3.05, 3.63) is 52.2 Å². The van der Waals surface area contributed by atoms with E-state index in [0.717, 1.165) is 24.9 Å². The van der Waals surface area contributed by atoms with E-state index in [0.29, 0.717) is 12.0 Å². The van der Waals surface area contributed by atoms with Crippen molar-refractivity contribution in [3.63, 3.8) is 0 Å². The van der Waals surface area contributed by atoms with Gasteiger partial charge in [-0.3, -0.25) is 4.98 Å². The van der Waals surface area contributed by atoms with Gasteiger partial charge in [-0.2, -0.15) is 0 Å². The van der Waals surface area contributed by atoms with E-state index in [9.17, 15) is 4.39 Å². The first-order chi connectivity index (χ1) is 9.65. The van der Waals surface area contributed by atoms with E-state index >= 15 is 0 Å². The highest BCUT2D eigenvalue weighted by Gasteiger charge is 2.14. The van der Waals surface area contributed by atoms with Gasteiger partial charge in [0.15, 0.2) is 0 Å². The van der Waals surface area contributed by atoms with Crippen LogP contribution >= 0.6 is 11.3 Å². The molecular formula is C16H21FN2S. The van der Waals surface area contributed by atoms with Crippen LogP contribution in [0.5, 0.6) is 0 Å². The fourth-order valence-electron chi connectivity index (χ4n) is 2.22. The van der Waals surface area contributed by atoms with Crippen molar-refractivity contribution in [1.82, 2.24) is 10.3 Å². The summed E-state index contributed by atoms with van der Waals surface area (Å²) in [4.78, 5) is 5.38. The van der Waals surface area contributed by atoms with Crippen LogP contribution in [0.2, 0.25) is 0 Å². The van der Waals surface area contributed by atoms with Crippen LogP contribution in [0.4, 0.5) is 4.39 Å². The third kappa shape index (κ3) is 4.69. The number of nitrogens with one attached hydrogen (secondary N) is 1. The third-order valence-corrected chi connectivity index (χ3v) is 4.06. The molecule has 0 saturated carbocycles. The van der Waals surface area contributed by atoms with E-state index in [1.807, 2.05) is 23.8 Å². The number of hydrogen-bond donors (Lipinski definition) is 1. The summed E-state index contributed by atoms with van der Waals surface area (Å²) in [5.74, 6) is 0.279. The Morgan fingerprint density at radius 3 is 2.70 bits per heavy atom. The highest BCUT2D eigenvalue weighted by Crippen LogP contribution is 2.18. The zero-order chi connectivity index (χ0) is 14.4. The van der Waals surface area contributed by atoms with Gasteiger partial charge in [-0.05, 0) is 36.9 Å². The highest BCUT2D eigenvalue weighted by molar-refractivity contribution is 7.09. The minimum absolute atomic E-state index is 0.105. The summed E-state index contributed by atoms with van der Waals surface area (Å²) in [5, 5.41) is 3.46. The molecule has 0 aliphatic rings. The van der Waals surface area contributed by atoms with Crippen LogP contribution in [-0.2, 0) is 12.8 Å². The molecule has 0 fully saturated rings. The molecule has 2 nitrogen and oxygen atoms in total. The van der Waals surface area contributed by atoms with Gasteiger partial charge >= 0.3 is 0 Å². The molecule has 1 atom stereocenters. The second-order valence-corrected chi connectivity index (χ2v) is 6.37. The van der Waals surface area contributed by atoms with Crippen molar-refractivity contribution in [1.29, 1.82) is 0 Å². The Morgan fingerprint density at radius 2 is 2.05 bits per heavy atom. The molecule has 1 heterocycles. The lowest BCUT2D eigenvalue weighted by Crippen LogP contribution is -2.31. The highest BCUT2D eigenvalue weighted by atomic mass is 32.1. The van der Waals surface area contributed by atoms with Crippen LogP contribution in [0, 0.1) is 11.7 Å². The minimum atomic E-state index is -0.105. The van der Waals surface area contributed by atoms with Crippen molar-refractivity contribution >= 4 is 11.3 Å². The number of benzene rings is 1. The molecule has 2 aromatic rings. The third-order valence-electron chi connectivity index (χ3n) is 3.25. The fraction of sp³-hybridized carbons (Fsp3) is 0.438. The molecule has 20 heavy (non-hydrogen) atoms. The molecule has 1 N–H and O–H groups in total. The zero-order valence-corrected chi connectivity index (χ0v) is 12.8. The quantitative estimate of drug-likeness (QED) is 0.842. The van der Waals surface area contributed by atoms with E-state index < -0.39 is 0 Å². The second kappa shape index (κ2) is 7.50. The number of hydrogen-bond acceptors (Lipinski definition) is 3. The van der Waals surface area contributed by atoms with E-state index in [2.05, 4.69) is 24.1 Å². The molecule has 108 valence electrons. The topological polar surface area (TPSA) is 24.9 Å². The molecule has 0 amide bonds. The summed E-state index contributed by atoms with van der Waals surface area (Å²) in [6.45, 7) is 5.16. The molecule has 0 bridgehead atoms. The molecular weight excluding hydrogens is 271 g/mol. The van der Waals surface area contributed by atoms with E-state index in [1.54, 1.807) is 17.4 Å². The van der Waals surface area contributed by atoms with Gasteiger partial charge in [0.05, 0.1) is 5.51 Å². The Hall–Kier alpha value is -1.26. The molecule has 0 saturated heterocycles. The zero-order valence-electron chi connectivity index (χ0n) is 12.0. The van der Waals surface area contributed by atoms with Gasteiger partial charge in [-0.15, -0.1) is 11.3 Å². The number of aromatic nitrogens is 1.